The van der Waals surface area contributed by atoms with Crippen molar-refractivity contribution in [1.82, 2.24) is 14.7 Å². The van der Waals surface area contributed by atoms with Gasteiger partial charge in [-0.05, 0) is 61.4 Å². The number of hydrogen-bond donors (Lipinski definition) is 0. The molecule has 0 radical (unpaired) electrons. The van der Waals surface area contributed by atoms with Crippen LogP contribution < -0.4 is 0 Å². The predicted octanol–water partition coefficient (Wildman–Crippen LogP) is 4.04. The van der Waals surface area contributed by atoms with E-state index in [1.807, 2.05) is 51.5 Å². The fraction of sp³-hybridized carbons (Fsp3) is 0.520. The number of fused-ring (bicyclic) bond motifs is 1. The zero-order valence-electron chi connectivity index (χ0n) is 18.5. The Balaban J connectivity index is 1.27. The van der Waals surface area contributed by atoms with Gasteiger partial charge in [0, 0.05) is 55.6 Å². The van der Waals surface area contributed by atoms with Crippen LogP contribution in [0.15, 0.2) is 41.8 Å². The lowest BCUT2D eigenvalue weighted by molar-refractivity contribution is -0.132. The van der Waals surface area contributed by atoms with E-state index in [2.05, 4.69) is 23.3 Å². The molecule has 1 aromatic carbocycles. The van der Waals surface area contributed by atoms with Crippen LogP contribution in [0.4, 0.5) is 0 Å². The fourth-order valence-electron chi connectivity index (χ4n) is 4.82. The first kappa shape index (κ1) is 22.0. The van der Waals surface area contributed by atoms with Crippen molar-refractivity contribution in [2.75, 3.05) is 32.7 Å². The highest BCUT2D eigenvalue weighted by Crippen LogP contribution is 2.25. The van der Waals surface area contributed by atoms with E-state index in [9.17, 15) is 9.59 Å². The molecule has 1 fully saturated rings. The van der Waals surface area contributed by atoms with Crippen LogP contribution in [0.5, 0.6) is 0 Å². The lowest BCUT2D eigenvalue weighted by atomic mass is 10.0. The molecule has 0 saturated carbocycles. The number of hydrogen-bond acceptors (Lipinski definition) is 4. The van der Waals surface area contributed by atoms with E-state index in [1.165, 1.54) is 10.4 Å². The zero-order chi connectivity index (χ0) is 21.6. The minimum absolute atomic E-state index is 0.133. The summed E-state index contributed by atoms with van der Waals surface area (Å²) in [6, 6.07) is 12.2. The largest absolute Gasteiger partial charge is 0.339 e. The number of carbonyl (C=O) groups is 2. The quantitative estimate of drug-likeness (QED) is 0.654. The van der Waals surface area contributed by atoms with E-state index in [-0.39, 0.29) is 11.8 Å². The summed E-state index contributed by atoms with van der Waals surface area (Å²) in [4.78, 5) is 33.5. The van der Waals surface area contributed by atoms with Crippen molar-refractivity contribution in [3.63, 3.8) is 0 Å². The molecule has 5 nitrogen and oxygen atoms in total. The van der Waals surface area contributed by atoms with Crippen molar-refractivity contribution in [3.8, 4) is 0 Å². The first-order chi connectivity index (χ1) is 15.2. The molecule has 2 aliphatic rings. The van der Waals surface area contributed by atoms with Gasteiger partial charge in [-0.15, -0.1) is 11.3 Å². The third-order valence-corrected chi connectivity index (χ3v) is 7.60. The number of piperidine rings is 1. The SMILES string of the molecule is CCCN(CCC(=O)N1CCc2sccc2C1)C1CCN(C(=O)c2ccccc2)CC1. The van der Waals surface area contributed by atoms with Gasteiger partial charge in [0.05, 0.1) is 0 Å². The number of rotatable bonds is 7. The third-order valence-electron chi connectivity index (χ3n) is 6.57. The Kier molecular flexibility index (Phi) is 7.41. The van der Waals surface area contributed by atoms with Gasteiger partial charge in [-0.25, -0.2) is 0 Å². The van der Waals surface area contributed by atoms with E-state index in [4.69, 9.17) is 0 Å². The highest BCUT2D eigenvalue weighted by Gasteiger charge is 2.28. The number of likely N-dealkylation sites (tertiary alicyclic amines) is 1. The standard InChI is InChI=1S/C25H33N3O2S/c1-2-13-26(17-11-24(29)28-16-10-23-21(19-28)12-18-31-23)22-8-14-27(15-9-22)25(30)20-6-4-3-5-7-20/h3-7,12,18,22H,2,8-11,13-17,19H2,1H3. The maximum Gasteiger partial charge on any atom is 0.253 e. The Morgan fingerprint density at radius 3 is 2.55 bits per heavy atom. The summed E-state index contributed by atoms with van der Waals surface area (Å²) in [7, 11) is 0. The van der Waals surface area contributed by atoms with Crippen molar-refractivity contribution in [2.24, 2.45) is 0 Å². The summed E-state index contributed by atoms with van der Waals surface area (Å²) >= 11 is 1.81. The van der Waals surface area contributed by atoms with Gasteiger partial charge in [0.1, 0.15) is 0 Å². The van der Waals surface area contributed by atoms with Crippen LogP contribution in [0.25, 0.3) is 0 Å². The van der Waals surface area contributed by atoms with Gasteiger partial charge in [0.25, 0.3) is 5.91 Å². The fourth-order valence-corrected chi connectivity index (χ4v) is 5.71. The Bertz CT molecular complexity index is 874. The van der Waals surface area contributed by atoms with Gasteiger partial charge in [-0.1, -0.05) is 25.1 Å². The highest BCUT2D eigenvalue weighted by atomic mass is 32.1. The lowest BCUT2D eigenvalue weighted by Gasteiger charge is -2.39. The van der Waals surface area contributed by atoms with E-state index in [0.717, 1.165) is 70.5 Å². The van der Waals surface area contributed by atoms with Crippen molar-refractivity contribution >= 4 is 23.2 Å². The van der Waals surface area contributed by atoms with Crippen LogP contribution in [0.3, 0.4) is 0 Å². The molecule has 31 heavy (non-hydrogen) atoms. The Hall–Kier alpha value is -2.18. The summed E-state index contributed by atoms with van der Waals surface area (Å²) in [6.45, 7) is 7.23. The molecular weight excluding hydrogens is 406 g/mol. The predicted molar refractivity (Wildman–Crippen MR) is 125 cm³/mol. The summed E-state index contributed by atoms with van der Waals surface area (Å²) in [6.07, 6.45) is 4.62. The molecule has 0 aliphatic carbocycles. The summed E-state index contributed by atoms with van der Waals surface area (Å²) < 4.78 is 0. The zero-order valence-corrected chi connectivity index (χ0v) is 19.3. The molecule has 0 N–H and O–H groups in total. The van der Waals surface area contributed by atoms with Gasteiger partial charge in [0.2, 0.25) is 5.91 Å². The molecule has 0 unspecified atom stereocenters. The van der Waals surface area contributed by atoms with Crippen molar-refractivity contribution in [1.29, 1.82) is 0 Å². The van der Waals surface area contributed by atoms with Crippen molar-refractivity contribution < 1.29 is 9.59 Å². The lowest BCUT2D eigenvalue weighted by Crippen LogP contribution is -2.48. The monoisotopic (exact) mass is 439 g/mol. The van der Waals surface area contributed by atoms with Crippen LogP contribution in [0.1, 0.15) is 53.4 Å². The molecule has 0 atom stereocenters. The second-order valence-electron chi connectivity index (χ2n) is 8.61. The summed E-state index contributed by atoms with van der Waals surface area (Å²) in [5, 5.41) is 2.14. The smallest absolute Gasteiger partial charge is 0.253 e. The Morgan fingerprint density at radius 1 is 1.03 bits per heavy atom. The summed E-state index contributed by atoms with van der Waals surface area (Å²) in [5.41, 5.74) is 2.10. The van der Waals surface area contributed by atoms with Crippen LogP contribution >= 0.6 is 11.3 Å². The Morgan fingerprint density at radius 2 is 1.81 bits per heavy atom. The van der Waals surface area contributed by atoms with Crippen molar-refractivity contribution in [2.45, 2.75) is 51.6 Å². The number of benzene rings is 1. The normalized spacial score (nSPS) is 17.1. The second kappa shape index (κ2) is 10.4. The van der Waals surface area contributed by atoms with E-state index >= 15 is 0 Å². The highest BCUT2D eigenvalue weighted by molar-refractivity contribution is 7.10. The first-order valence-corrected chi connectivity index (χ1v) is 12.4. The van der Waals surface area contributed by atoms with Crippen LogP contribution in [-0.4, -0.2) is 65.3 Å². The average molecular weight is 440 g/mol. The van der Waals surface area contributed by atoms with Crippen LogP contribution in [0, 0.1) is 0 Å². The van der Waals surface area contributed by atoms with E-state index < -0.39 is 0 Å². The van der Waals surface area contributed by atoms with Gasteiger partial charge in [-0.2, -0.15) is 0 Å². The van der Waals surface area contributed by atoms with Crippen LogP contribution in [-0.2, 0) is 17.8 Å². The molecule has 2 amide bonds. The van der Waals surface area contributed by atoms with Gasteiger partial charge in [-0.3, -0.25) is 14.5 Å². The molecular formula is C25H33N3O2S. The number of carbonyl (C=O) groups excluding carboxylic acids is 2. The molecule has 2 aromatic rings. The Labute approximate surface area is 189 Å². The molecule has 2 aliphatic heterocycles. The topological polar surface area (TPSA) is 43.9 Å². The second-order valence-corrected chi connectivity index (χ2v) is 9.61. The number of nitrogens with zero attached hydrogens (tertiary/aromatic N) is 3. The molecule has 1 saturated heterocycles. The summed E-state index contributed by atoms with van der Waals surface area (Å²) in [5.74, 6) is 0.406. The minimum atomic E-state index is 0.133. The molecule has 166 valence electrons. The van der Waals surface area contributed by atoms with Crippen molar-refractivity contribution in [3.05, 3.63) is 57.8 Å². The van der Waals surface area contributed by atoms with E-state index in [0.29, 0.717) is 12.5 Å². The maximum absolute atomic E-state index is 12.9. The average Bonchev–Trinajstić information content (AvgIpc) is 3.30. The van der Waals surface area contributed by atoms with Gasteiger partial charge < -0.3 is 9.80 Å². The first-order valence-electron chi connectivity index (χ1n) is 11.6. The minimum Gasteiger partial charge on any atom is -0.339 e. The molecule has 6 heteroatoms. The molecule has 0 bridgehead atoms. The number of thiophene rings is 1. The maximum atomic E-state index is 12.9. The van der Waals surface area contributed by atoms with E-state index in [1.54, 1.807) is 0 Å². The molecule has 1 aromatic heterocycles. The number of amides is 2. The van der Waals surface area contributed by atoms with Crippen LogP contribution in [0.2, 0.25) is 0 Å². The molecule has 0 spiro atoms. The third kappa shape index (κ3) is 5.36. The van der Waals surface area contributed by atoms with Gasteiger partial charge in [0.15, 0.2) is 0 Å². The van der Waals surface area contributed by atoms with Gasteiger partial charge >= 0.3 is 0 Å². The molecule has 3 heterocycles. The molecule has 4 rings (SSSR count).